The fourth-order valence-electron chi connectivity index (χ4n) is 2.29. The average Bonchev–Trinajstić information content (AvgIpc) is 2.83. The van der Waals surface area contributed by atoms with Crippen molar-refractivity contribution in [3.8, 4) is 0 Å². The molecule has 0 aliphatic heterocycles. The van der Waals surface area contributed by atoms with Crippen LogP contribution in [0.4, 0.5) is 0 Å². The SMILES string of the molecule is CCc1ccc(C(O)c2coc(C)c2)cc1CC. The monoisotopic (exact) mass is 244 g/mol. The van der Waals surface area contributed by atoms with Gasteiger partial charge in [-0.3, -0.25) is 0 Å². The Kier molecular flexibility index (Phi) is 3.87. The molecule has 1 aromatic carbocycles. The average molecular weight is 244 g/mol. The summed E-state index contributed by atoms with van der Waals surface area (Å²) >= 11 is 0. The molecular formula is C16H20O2. The minimum absolute atomic E-state index is 0.598. The van der Waals surface area contributed by atoms with Crippen LogP contribution in [0.1, 0.15) is 48.0 Å². The minimum atomic E-state index is -0.598. The van der Waals surface area contributed by atoms with Crippen LogP contribution in [0.3, 0.4) is 0 Å². The number of rotatable bonds is 4. The van der Waals surface area contributed by atoms with Crippen molar-refractivity contribution in [2.24, 2.45) is 0 Å². The first-order chi connectivity index (χ1) is 8.65. The molecule has 0 saturated carbocycles. The first-order valence-corrected chi connectivity index (χ1v) is 6.50. The summed E-state index contributed by atoms with van der Waals surface area (Å²) in [6.07, 6.45) is 3.05. The van der Waals surface area contributed by atoms with Crippen LogP contribution in [-0.4, -0.2) is 5.11 Å². The lowest BCUT2D eigenvalue weighted by Crippen LogP contribution is -2.01. The molecule has 1 unspecified atom stereocenters. The summed E-state index contributed by atoms with van der Waals surface area (Å²) in [5.41, 5.74) is 4.43. The molecule has 1 heterocycles. The van der Waals surface area contributed by atoms with E-state index in [1.807, 2.05) is 19.1 Å². The van der Waals surface area contributed by atoms with Crippen LogP contribution in [0, 0.1) is 6.92 Å². The van der Waals surface area contributed by atoms with Gasteiger partial charge in [0.1, 0.15) is 11.9 Å². The van der Waals surface area contributed by atoms with Crippen LogP contribution in [0.2, 0.25) is 0 Å². The third kappa shape index (κ3) is 2.49. The molecule has 0 spiro atoms. The van der Waals surface area contributed by atoms with Crippen molar-refractivity contribution in [2.45, 2.75) is 39.7 Å². The van der Waals surface area contributed by atoms with E-state index in [-0.39, 0.29) is 0 Å². The molecule has 0 radical (unpaired) electrons. The summed E-state index contributed by atoms with van der Waals surface area (Å²) in [5, 5.41) is 10.3. The van der Waals surface area contributed by atoms with Crippen LogP contribution < -0.4 is 0 Å². The largest absolute Gasteiger partial charge is 0.469 e. The van der Waals surface area contributed by atoms with Crippen molar-refractivity contribution in [1.29, 1.82) is 0 Å². The van der Waals surface area contributed by atoms with Crippen molar-refractivity contribution in [3.63, 3.8) is 0 Å². The maximum atomic E-state index is 10.3. The number of aliphatic hydroxyl groups is 1. The van der Waals surface area contributed by atoms with Crippen molar-refractivity contribution in [2.75, 3.05) is 0 Å². The van der Waals surface area contributed by atoms with Gasteiger partial charge in [-0.1, -0.05) is 32.0 Å². The van der Waals surface area contributed by atoms with E-state index >= 15 is 0 Å². The van der Waals surface area contributed by atoms with E-state index in [2.05, 4.69) is 26.0 Å². The zero-order chi connectivity index (χ0) is 13.1. The summed E-state index contributed by atoms with van der Waals surface area (Å²) in [6, 6.07) is 8.10. The molecule has 0 aliphatic carbocycles. The second kappa shape index (κ2) is 5.40. The number of aryl methyl sites for hydroxylation is 3. The summed E-state index contributed by atoms with van der Waals surface area (Å²) in [6.45, 7) is 6.19. The molecule has 2 heteroatoms. The van der Waals surface area contributed by atoms with Gasteiger partial charge in [-0.15, -0.1) is 0 Å². The predicted octanol–water partition coefficient (Wildman–Crippen LogP) is 3.79. The second-order valence-electron chi connectivity index (χ2n) is 4.63. The molecule has 0 bridgehead atoms. The molecule has 2 nitrogen and oxygen atoms in total. The van der Waals surface area contributed by atoms with Crippen molar-refractivity contribution < 1.29 is 9.52 Å². The van der Waals surface area contributed by atoms with Gasteiger partial charge in [0.25, 0.3) is 0 Å². The fourth-order valence-corrected chi connectivity index (χ4v) is 2.29. The van der Waals surface area contributed by atoms with Gasteiger partial charge in [0.15, 0.2) is 0 Å². The molecule has 0 fully saturated rings. The summed E-state index contributed by atoms with van der Waals surface area (Å²) in [7, 11) is 0. The van der Waals surface area contributed by atoms with Crippen LogP contribution >= 0.6 is 0 Å². The van der Waals surface area contributed by atoms with Gasteiger partial charge in [0.2, 0.25) is 0 Å². The highest BCUT2D eigenvalue weighted by molar-refractivity contribution is 5.36. The van der Waals surface area contributed by atoms with Crippen LogP contribution in [0.5, 0.6) is 0 Å². The van der Waals surface area contributed by atoms with Gasteiger partial charge in [0, 0.05) is 5.56 Å². The number of hydrogen-bond donors (Lipinski definition) is 1. The van der Waals surface area contributed by atoms with Crippen molar-refractivity contribution >= 4 is 0 Å². The highest BCUT2D eigenvalue weighted by Crippen LogP contribution is 2.26. The second-order valence-corrected chi connectivity index (χ2v) is 4.63. The minimum Gasteiger partial charge on any atom is -0.469 e. The van der Waals surface area contributed by atoms with E-state index in [4.69, 9.17) is 4.42 Å². The standard InChI is InChI=1S/C16H20O2/c1-4-12-6-7-14(9-13(12)5-2)16(17)15-8-11(3)18-10-15/h6-10,16-17H,4-5H2,1-3H3. The summed E-state index contributed by atoms with van der Waals surface area (Å²) in [4.78, 5) is 0. The number of aliphatic hydroxyl groups excluding tert-OH is 1. The van der Waals surface area contributed by atoms with E-state index in [0.29, 0.717) is 0 Å². The molecule has 1 N–H and O–H groups in total. The summed E-state index contributed by atoms with van der Waals surface area (Å²) < 4.78 is 5.25. The number of hydrogen-bond acceptors (Lipinski definition) is 2. The number of benzene rings is 1. The van der Waals surface area contributed by atoms with Gasteiger partial charge in [-0.2, -0.15) is 0 Å². The molecule has 1 aromatic heterocycles. The van der Waals surface area contributed by atoms with Gasteiger partial charge in [-0.25, -0.2) is 0 Å². The lowest BCUT2D eigenvalue weighted by Gasteiger charge is -2.13. The van der Waals surface area contributed by atoms with Crippen molar-refractivity contribution in [3.05, 3.63) is 58.5 Å². The Labute approximate surface area is 108 Å². The molecule has 0 saturated heterocycles. The quantitative estimate of drug-likeness (QED) is 0.887. The molecule has 2 rings (SSSR count). The highest BCUT2D eigenvalue weighted by Gasteiger charge is 2.14. The van der Waals surface area contributed by atoms with Crippen LogP contribution in [-0.2, 0) is 12.8 Å². The Morgan fingerprint density at radius 2 is 1.78 bits per heavy atom. The van der Waals surface area contributed by atoms with E-state index < -0.39 is 6.10 Å². The smallest absolute Gasteiger partial charge is 0.107 e. The predicted molar refractivity (Wildman–Crippen MR) is 72.7 cm³/mol. The van der Waals surface area contributed by atoms with E-state index in [1.165, 1.54) is 11.1 Å². The van der Waals surface area contributed by atoms with E-state index in [0.717, 1.165) is 29.7 Å². The Balaban J connectivity index is 2.33. The Bertz CT molecular complexity index is 526. The van der Waals surface area contributed by atoms with Gasteiger partial charge >= 0.3 is 0 Å². The van der Waals surface area contributed by atoms with Gasteiger partial charge < -0.3 is 9.52 Å². The molecule has 0 aliphatic rings. The Morgan fingerprint density at radius 3 is 2.33 bits per heavy atom. The van der Waals surface area contributed by atoms with Crippen LogP contribution in [0.15, 0.2) is 34.9 Å². The molecule has 96 valence electrons. The van der Waals surface area contributed by atoms with Gasteiger partial charge in [-0.05, 0) is 42.5 Å². The Morgan fingerprint density at radius 1 is 1.06 bits per heavy atom. The first kappa shape index (κ1) is 12.9. The fraction of sp³-hybridized carbons (Fsp3) is 0.375. The van der Waals surface area contributed by atoms with E-state index in [9.17, 15) is 5.11 Å². The lowest BCUT2D eigenvalue weighted by atomic mass is 9.96. The van der Waals surface area contributed by atoms with E-state index in [1.54, 1.807) is 6.26 Å². The molecule has 0 amide bonds. The number of furan rings is 1. The normalized spacial score (nSPS) is 12.7. The first-order valence-electron chi connectivity index (χ1n) is 6.50. The third-order valence-corrected chi connectivity index (χ3v) is 3.37. The van der Waals surface area contributed by atoms with Gasteiger partial charge in [0.05, 0.1) is 6.26 Å². The molecule has 18 heavy (non-hydrogen) atoms. The summed E-state index contributed by atoms with van der Waals surface area (Å²) in [5.74, 6) is 0.824. The van der Waals surface area contributed by atoms with Crippen LogP contribution in [0.25, 0.3) is 0 Å². The zero-order valence-electron chi connectivity index (χ0n) is 11.2. The Hall–Kier alpha value is -1.54. The topological polar surface area (TPSA) is 33.4 Å². The lowest BCUT2D eigenvalue weighted by molar-refractivity contribution is 0.219. The molecular weight excluding hydrogens is 224 g/mol. The highest BCUT2D eigenvalue weighted by atomic mass is 16.3. The maximum absolute atomic E-state index is 10.3. The van der Waals surface area contributed by atoms with Crippen molar-refractivity contribution in [1.82, 2.24) is 0 Å². The molecule has 2 aromatic rings. The third-order valence-electron chi connectivity index (χ3n) is 3.37. The zero-order valence-corrected chi connectivity index (χ0v) is 11.2. The maximum Gasteiger partial charge on any atom is 0.107 e. The molecule has 1 atom stereocenters.